The van der Waals surface area contributed by atoms with E-state index in [0.29, 0.717) is 5.89 Å². The first-order valence-electron chi connectivity index (χ1n) is 6.45. The first-order valence-corrected chi connectivity index (χ1v) is 6.45. The Bertz CT molecular complexity index is 910. The van der Waals surface area contributed by atoms with Crippen LogP contribution in [0.25, 0.3) is 33.3 Å². The van der Waals surface area contributed by atoms with Gasteiger partial charge in [-0.3, -0.25) is 0 Å². The Morgan fingerprint density at radius 3 is 2.60 bits per heavy atom. The number of fused-ring (bicyclic) bond motifs is 3. The molecule has 0 saturated heterocycles. The summed E-state index contributed by atoms with van der Waals surface area (Å²) in [6, 6.07) is 19.7. The van der Waals surface area contributed by atoms with Crippen LogP contribution in [0, 0.1) is 0 Å². The Hall–Kier alpha value is -2.81. The smallest absolute Gasteiger partial charge is 0.227 e. The first kappa shape index (κ1) is 11.1. The standard InChI is InChI=1S/C17H12N2O/c18-13-7-8-14-12(10-13)6-9-15-16(14)20-17(19-15)11-4-2-1-3-5-11/h1-10H,18H2. The Morgan fingerprint density at radius 2 is 1.75 bits per heavy atom. The molecule has 0 fully saturated rings. The van der Waals surface area contributed by atoms with Gasteiger partial charge in [0.05, 0.1) is 0 Å². The zero-order chi connectivity index (χ0) is 13.5. The van der Waals surface area contributed by atoms with Gasteiger partial charge in [0, 0.05) is 16.6 Å². The van der Waals surface area contributed by atoms with Crippen molar-refractivity contribution in [2.75, 3.05) is 5.73 Å². The van der Waals surface area contributed by atoms with Gasteiger partial charge in [-0.2, -0.15) is 0 Å². The molecule has 0 aliphatic rings. The number of hydrogen-bond acceptors (Lipinski definition) is 3. The van der Waals surface area contributed by atoms with Crippen molar-refractivity contribution in [3.05, 3.63) is 60.7 Å². The molecule has 0 unspecified atom stereocenters. The van der Waals surface area contributed by atoms with Crippen molar-refractivity contribution in [3.8, 4) is 11.5 Å². The van der Waals surface area contributed by atoms with Gasteiger partial charge in [-0.1, -0.05) is 24.3 Å². The highest BCUT2D eigenvalue weighted by molar-refractivity contribution is 6.04. The van der Waals surface area contributed by atoms with Crippen molar-refractivity contribution < 1.29 is 4.42 Å². The van der Waals surface area contributed by atoms with Gasteiger partial charge in [-0.05, 0) is 41.8 Å². The molecule has 0 bridgehead atoms. The summed E-state index contributed by atoms with van der Waals surface area (Å²) >= 11 is 0. The molecule has 0 spiro atoms. The minimum atomic E-state index is 0.643. The maximum absolute atomic E-state index is 5.96. The van der Waals surface area contributed by atoms with Gasteiger partial charge in [-0.15, -0.1) is 0 Å². The summed E-state index contributed by atoms with van der Waals surface area (Å²) in [4.78, 5) is 4.56. The van der Waals surface area contributed by atoms with Crippen LogP contribution in [0.3, 0.4) is 0 Å². The third-order valence-electron chi connectivity index (χ3n) is 3.42. The molecule has 4 aromatic rings. The molecule has 0 aliphatic heterocycles. The van der Waals surface area contributed by atoms with Crippen molar-refractivity contribution in [2.45, 2.75) is 0 Å². The lowest BCUT2D eigenvalue weighted by Gasteiger charge is -1.99. The maximum Gasteiger partial charge on any atom is 0.227 e. The van der Waals surface area contributed by atoms with Crippen molar-refractivity contribution in [1.29, 1.82) is 0 Å². The van der Waals surface area contributed by atoms with Crippen LogP contribution in [0.15, 0.2) is 65.1 Å². The molecule has 1 aromatic heterocycles. The van der Waals surface area contributed by atoms with E-state index in [-0.39, 0.29) is 0 Å². The van der Waals surface area contributed by atoms with Crippen LogP contribution >= 0.6 is 0 Å². The van der Waals surface area contributed by atoms with Gasteiger partial charge in [0.1, 0.15) is 5.52 Å². The molecule has 0 radical (unpaired) electrons. The number of nitrogens with zero attached hydrogens (tertiary/aromatic N) is 1. The Balaban J connectivity index is 2.02. The number of nitrogen functional groups attached to an aromatic ring is 1. The number of benzene rings is 3. The summed E-state index contributed by atoms with van der Waals surface area (Å²) in [6.07, 6.45) is 0. The van der Waals surface area contributed by atoms with E-state index in [9.17, 15) is 0 Å². The van der Waals surface area contributed by atoms with Crippen molar-refractivity contribution in [1.82, 2.24) is 4.98 Å². The molecule has 3 nitrogen and oxygen atoms in total. The summed E-state index contributed by atoms with van der Waals surface area (Å²) in [7, 11) is 0. The molecule has 96 valence electrons. The van der Waals surface area contributed by atoms with Gasteiger partial charge < -0.3 is 10.2 Å². The molecule has 0 atom stereocenters. The number of nitrogens with two attached hydrogens (primary N) is 1. The van der Waals surface area contributed by atoms with Crippen LogP contribution in [0.2, 0.25) is 0 Å². The van der Waals surface area contributed by atoms with Crippen LogP contribution in [0.5, 0.6) is 0 Å². The van der Waals surface area contributed by atoms with E-state index >= 15 is 0 Å². The summed E-state index contributed by atoms with van der Waals surface area (Å²) in [5, 5.41) is 2.10. The lowest BCUT2D eigenvalue weighted by atomic mass is 10.1. The van der Waals surface area contributed by atoms with E-state index in [1.165, 1.54) is 0 Å². The number of rotatable bonds is 1. The fraction of sp³-hybridized carbons (Fsp3) is 0. The Morgan fingerprint density at radius 1 is 0.900 bits per heavy atom. The molecular formula is C17H12N2O. The molecule has 3 aromatic carbocycles. The van der Waals surface area contributed by atoms with Crippen LogP contribution in [-0.4, -0.2) is 4.98 Å². The summed E-state index contributed by atoms with van der Waals surface area (Å²) < 4.78 is 5.96. The fourth-order valence-electron chi connectivity index (χ4n) is 2.44. The van der Waals surface area contributed by atoms with Gasteiger partial charge >= 0.3 is 0 Å². The van der Waals surface area contributed by atoms with E-state index in [1.54, 1.807) is 0 Å². The topological polar surface area (TPSA) is 52.0 Å². The van der Waals surface area contributed by atoms with E-state index in [1.807, 2.05) is 60.7 Å². The molecule has 2 N–H and O–H groups in total. The summed E-state index contributed by atoms with van der Waals surface area (Å²) in [5.41, 5.74) is 9.22. The fourth-order valence-corrected chi connectivity index (χ4v) is 2.44. The van der Waals surface area contributed by atoms with Crippen molar-refractivity contribution in [2.24, 2.45) is 0 Å². The quantitative estimate of drug-likeness (QED) is 0.521. The predicted molar refractivity (Wildman–Crippen MR) is 81.4 cm³/mol. The average molecular weight is 260 g/mol. The van der Waals surface area contributed by atoms with Gasteiger partial charge in [-0.25, -0.2) is 4.98 Å². The molecule has 4 rings (SSSR count). The molecular weight excluding hydrogens is 248 g/mol. The second-order valence-corrected chi connectivity index (χ2v) is 4.78. The maximum atomic E-state index is 5.96. The summed E-state index contributed by atoms with van der Waals surface area (Å²) in [5.74, 6) is 0.643. The number of anilines is 1. The lowest BCUT2D eigenvalue weighted by Crippen LogP contribution is -1.83. The monoisotopic (exact) mass is 260 g/mol. The van der Waals surface area contributed by atoms with E-state index in [4.69, 9.17) is 10.2 Å². The molecule has 1 heterocycles. The lowest BCUT2D eigenvalue weighted by molar-refractivity contribution is 0.623. The highest BCUT2D eigenvalue weighted by atomic mass is 16.3. The molecule has 0 amide bonds. The number of oxazole rings is 1. The molecule has 3 heteroatoms. The highest BCUT2D eigenvalue weighted by Crippen LogP contribution is 2.30. The third-order valence-corrected chi connectivity index (χ3v) is 3.42. The van der Waals surface area contributed by atoms with Crippen molar-refractivity contribution in [3.63, 3.8) is 0 Å². The van der Waals surface area contributed by atoms with Crippen LogP contribution in [0.4, 0.5) is 5.69 Å². The van der Waals surface area contributed by atoms with Gasteiger partial charge in [0.25, 0.3) is 0 Å². The van der Waals surface area contributed by atoms with Crippen LogP contribution in [-0.2, 0) is 0 Å². The van der Waals surface area contributed by atoms with E-state index < -0.39 is 0 Å². The van der Waals surface area contributed by atoms with E-state index in [0.717, 1.165) is 33.1 Å². The minimum Gasteiger partial charge on any atom is -0.435 e. The zero-order valence-corrected chi connectivity index (χ0v) is 10.7. The van der Waals surface area contributed by atoms with Gasteiger partial charge in [0.2, 0.25) is 5.89 Å². The average Bonchev–Trinajstić information content (AvgIpc) is 2.92. The molecule has 20 heavy (non-hydrogen) atoms. The molecule has 0 aliphatic carbocycles. The predicted octanol–water partition coefficient (Wildman–Crippen LogP) is 4.23. The van der Waals surface area contributed by atoms with Crippen molar-refractivity contribution >= 4 is 27.6 Å². The Labute approximate surface area is 115 Å². The number of hydrogen-bond donors (Lipinski definition) is 1. The Kier molecular flexibility index (Phi) is 2.27. The van der Waals surface area contributed by atoms with Crippen LogP contribution in [0.1, 0.15) is 0 Å². The third kappa shape index (κ3) is 1.64. The van der Waals surface area contributed by atoms with E-state index in [2.05, 4.69) is 4.98 Å². The summed E-state index contributed by atoms with van der Waals surface area (Å²) in [6.45, 7) is 0. The zero-order valence-electron chi connectivity index (χ0n) is 10.7. The highest BCUT2D eigenvalue weighted by Gasteiger charge is 2.10. The van der Waals surface area contributed by atoms with Crippen LogP contribution < -0.4 is 5.73 Å². The second-order valence-electron chi connectivity index (χ2n) is 4.78. The minimum absolute atomic E-state index is 0.643. The number of aromatic nitrogens is 1. The SMILES string of the molecule is Nc1ccc2c(ccc3nc(-c4ccccc4)oc32)c1. The molecule has 0 saturated carbocycles. The second kappa shape index (κ2) is 4.10. The largest absolute Gasteiger partial charge is 0.435 e. The normalized spacial score (nSPS) is 11.2. The first-order chi connectivity index (χ1) is 9.81. The van der Waals surface area contributed by atoms with Gasteiger partial charge in [0.15, 0.2) is 5.58 Å².